The number of halogens is 2. The Morgan fingerprint density at radius 2 is 2.25 bits per heavy atom. The van der Waals surface area contributed by atoms with E-state index in [0.717, 1.165) is 9.26 Å². The van der Waals surface area contributed by atoms with E-state index in [9.17, 15) is 4.39 Å². The van der Waals surface area contributed by atoms with Crippen molar-refractivity contribution in [3.8, 4) is 0 Å². The number of rotatable bonds is 3. The molecule has 0 radical (unpaired) electrons. The maximum atomic E-state index is 12.6. The molecular weight excluding hydrogens is 272 g/mol. The van der Waals surface area contributed by atoms with E-state index in [1.165, 1.54) is 12.1 Å². The van der Waals surface area contributed by atoms with Crippen LogP contribution in [0.25, 0.3) is 0 Å². The molecule has 0 atom stereocenters. The molecule has 0 saturated heterocycles. The Kier molecular flexibility index (Phi) is 3.74. The number of aliphatic hydroxyl groups is 1. The van der Waals surface area contributed by atoms with Crippen molar-refractivity contribution in [1.82, 2.24) is 0 Å². The first-order valence-corrected chi connectivity index (χ1v) is 4.61. The van der Waals surface area contributed by atoms with Crippen molar-refractivity contribution >= 4 is 28.3 Å². The predicted octanol–water partition coefficient (Wildman–Crippen LogP) is 1.83. The third-order valence-corrected chi connectivity index (χ3v) is 2.25. The molecule has 1 rings (SSSR count). The summed E-state index contributed by atoms with van der Waals surface area (Å²) in [4.78, 5) is 0. The molecule has 4 heteroatoms. The zero-order valence-electron chi connectivity index (χ0n) is 6.35. The fraction of sp³-hybridized carbons (Fsp3) is 0.250. The molecule has 0 aromatic heterocycles. The second-order valence-corrected chi connectivity index (χ2v) is 3.44. The number of anilines is 1. The summed E-state index contributed by atoms with van der Waals surface area (Å²) >= 11 is 2.04. The third-order valence-electron chi connectivity index (χ3n) is 1.36. The number of benzene rings is 1. The van der Waals surface area contributed by atoms with Crippen LogP contribution in [0.1, 0.15) is 0 Å². The molecule has 0 aliphatic carbocycles. The number of hydrogen-bond donors (Lipinski definition) is 2. The standard InChI is InChI=1S/C8H9FINO/c9-6-1-2-8(7(10)5-6)11-3-4-12/h1-2,5,11-12H,3-4H2. The SMILES string of the molecule is OCCNc1ccc(F)cc1I. The summed E-state index contributed by atoms with van der Waals surface area (Å²) in [6.45, 7) is 0.565. The van der Waals surface area contributed by atoms with Crippen molar-refractivity contribution in [2.45, 2.75) is 0 Å². The van der Waals surface area contributed by atoms with Crippen molar-refractivity contribution in [3.63, 3.8) is 0 Å². The molecule has 1 aromatic rings. The molecule has 1 aromatic carbocycles. The monoisotopic (exact) mass is 281 g/mol. The van der Waals surface area contributed by atoms with Crippen LogP contribution in [0.2, 0.25) is 0 Å². The fourth-order valence-corrected chi connectivity index (χ4v) is 1.49. The molecule has 0 amide bonds. The summed E-state index contributed by atoms with van der Waals surface area (Å²) in [6.07, 6.45) is 0. The Bertz CT molecular complexity index is 267. The van der Waals surface area contributed by atoms with Crippen LogP contribution in [0.3, 0.4) is 0 Å². The maximum absolute atomic E-state index is 12.6. The van der Waals surface area contributed by atoms with E-state index in [2.05, 4.69) is 5.32 Å². The lowest BCUT2D eigenvalue weighted by molar-refractivity contribution is 0.311. The van der Waals surface area contributed by atoms with Crippen LogP contribution in [0.5, 0.6) is 0 Å². The van der Waals surface area contributed by atoms with Gasteiger partial charge in [0.15, 0.2) is 0 Å². The number of hydrogen-bond acceptors (Lipinski definition) is 2. The van der Waals surface area contributed by atoms with Gasteiger partial charge < -0.3 is 10.4 Å². The van der Waals surface area contributed by atoms with Gasteiger partial charge in [-0.05, 0) is 40.8 Å². The van der Waals surface area contributed by atoms with Crippen molar-refractivity contribution in [3.05, 3.63) is 27.6 Å². The topological polar surface area (TPSA) is 32.3 Å². The van der Waals surface area contributed by atoms with Gasteiger partial charge in [0.05, 0.1) is 6.61 Å². The molecule has 12 heavy (non-hydrogen) atoms. The molecule has 2 nitrogen and oxygen atoms in total. The van der Waals surface area contributed by atoms with Crippen LogP contribution in [-0.4, -0.2) is 18.3 Å². The van der Waals surface area contributed by atoms with Crippen molar-refractivity contribution in [1.29, 1.82) is 0 Å². The summed E-state index contributed by atoms with van der Waals surface area (Å²) in [5.41, 5.74) is 0.853. The highest BCUT2D eigenvalue weighted by Gasteiger charge is 1.99. The molecule has 0 fully saturated rings. The van der Waals surface area contributed by atoms with Crippen LogP contribution in [0.15, 0.2) is 18.2 Å². The van der Waals surface area contributed by atoms with Gasteiger partial charge in [-0.25, -0.2) is 4.39 Å². The molecule has 0 aliphatic rings. The normalized spacial score (nSPS) is 9.92. The van der Waals surface area contributed by atoms with Crippen molar-refractivity contribution in [2.24, 2.45) is 0 Å². The van der Waals surface area contributed by atoms with E-state index in [1.54, 1.807) is 6.07 Å². The minimum Gasteiger partial charge on any atom is -0.395 e. The maximum Gasteiger partial charge on any atom is 0.124 e. The summed E-state index contributed by atoms with van der Waals surface area (Å²) in [7, 11) is 0. The Balaban J connectivity index is 2.72. The van der Waals surface area contributed by atoms with Crippen LogP contribution >= 0.6 is 22.6 Å². The molecule has 0 aliphatic heterocycles. The van der Waals surface area contributed by atoms with E-state index in [-0.39, 0.29) is 12.4 Å². The second-order valence-electron chi connectivity index (χ2n) is 2.27. The minimum absolute atomic E-state index is 0.0768. The summed E-state index contributed by atoms with van der Waals surface area (Å²) in [5.74, 6) is -0.242. The minimum atomic E-state index is -0.242. The van der Waals surface area contributed by atoms with Crippen molar-refractivity contribution < 1.29 is 9.50 Å². The fourth-order valence-electron chi connectivity index (χ4n) is 0.823. The average molecular weight is 281 g/mol. The van der Waals surface area contributed by atoms with Gasteiger partial charge in [-0.3, -0.25) is 0 Å². The largest absolute Gasteiger partial charge is 0.395 e. The smallest absolute Gasteiger partial charge is 0.124 e. The first kappa shape index (κ1) is 9.73. The van der Waals surface area contributed by atoms with Crippen molar-refractivity contribution in [2.75, 3.05) is 18.5 Å². The van der Waals surface area contributed by atoms with Gasteiger partial charge in [0, 0.05) is 15.8 Å². The van der Waals surface area contributed by atoms with Gasteiger partial charge >= 0.3 is 0 Å². The predicted molar refractivity (Wildman–Crippen MR) is 54.7 cm³/mol. The van der Waals surface area contributed by atoms with Gasteiger partial charge in [-0.2, -0.15) is 0 Å². The van der Waals surface area contributed by atoms with E-state index in [1.807, 2.05) is 22.6 Å². The van der Waals surface area contributed by atoms with Gasteiger partial charge in [0.1, 0.15) is 5.82 Å². The zero-order chi connectivity index (χ0) is 8.97. The molecule has 0 unspecified atom stereocenters. The average Bonchev–Trinajstić information content (AvgIpc) is 2.03. The zero-order valence-corrected chi connectivity index (χ0v) is 8.51. The van der Waals surface area contributed by atoms with E-state index in [4.69, 9.17) is 5.11 Å². The van der Waals surface area contributed by atoms with Crippen LogP contribution in [0.4, 0.5) is 10.1 Å². The van der Waals surface area contributed by atoms with Gasteiger partial charge in [0.25, 0.3) is 0 Å². The summed E-state index contributed by atoms with van der Waals surface area (Å²) in [5, 5.41) is 11.5. The lowest BCUT2D eigenvalue weighted by atomic mass is 10.3. The molecule has 0 bridgehead atoms. The van der Waals surface area contributed by atoms with E-state index < -0.39 is 0 Å². The van der Waals surface area contributed by atoms with Crippen LogP contribution in [0, 0.1) is 9.39 Å². The molecule has 2 N–H and O–H groups in total. The Morgan fingerprint density at radius 1 is 1.50 bits per heavy atom. The number of nitrogens with one attached hydrogen (secondary N) is 1. The second kappa shape index (κ2) is 4.61. The highest BCUT2D eigenvalue weighted by molar-refractivity contribution is 14.1. The van der Waals surface area contributed by atoms with Gasteiger partial charge in [-0.1, -0.05) is 0 Å². The third kappa shape index (κ3) is 2.60. The van der Waals surface area contributed by atoms with Crippen LogP contribution in [-0.2, 0) is 0 Å². The van der Waals surface area contributed by atoms with E-state index in [0.29, 0.717) is 6.54 Å². The molecule has 66 valence electrons. The number of aliphatic hydroxyl groups excluding tert-OH is 1. The lowest BCUT2D eigenvalue weighted by Crippen LogP contribution is -2.06. The van der Waals surface area contributed by atoms with E-state index >= 15 is 0 Å². The van der Waals surface area contributed by atoms with Gasteiger partial charge in [0.2, 0.25) is 0 Å². The highest BCUT2D eigenvalue weighted by Crippen LogP contribution is 2.18. The summed E-state index contributed by atoms with van der Waals surface area (Å²) < 4.78 is 13.4. The van der Waals surface area contributed by atoms with Gasteiger partial charge in [-0.15, -0.1) is 0 Å². The molecule has 0 spiro atoms. The quantitative estimate of drug-likeness (QED) is 0.828. The summed E-state index contributed by atoms with van der Waals surface area (Å²) in [6, 6.07) is 4.49. The Morgan fingerprint density at radius 3 is 2.83 bits per heavy atom. The Labute approximate surface area is 83.9 Å². The Hall–Kier alpha value is -0.360. The molecular formula is C8H9FINO. The first-order chi connectivity index (χ1) is 5.74. The first-order valence-electron chi connectivity index (χ1n) is 3.54. The van der Waals surface area contributed by atoms with Crippen LogP contribution < -0.4 is 5.32 Å². The molecule has 0 saturated carbocycles. The highest BCUT2D eigenvalue weighted by atomic mass is 127. The molecule has 0 heterocycles. The lowest BCUT2D eigenvalue weighted by Gasteiger charge is -2.05.